The molecule has 156 valence electrons. The van der Waals surface area contributed by atoms with Crippen molar-refractivity contribution in [2.24, 2.45) is 0 Å². The molecule has 0 saturated carbocycles. The summed E-state index contributed by atoms with van der Waals surface area (Å²) in [5.41, 5.74) is 4.03. The second-order valence-corrected chi connectivity index (χ2v) is 8.41. The van der Waals surface area contributed by atoms with Crippen molar-refractivity contribution in [2.45, 2.75) is 25.4 Å². The molecular weight excluding hydrogens is 413 g/mol. The largest absolute Gasteiger partial charge is 0.338 e. The zero-order valence-electron chi connectivity index (χ0n) is 16.8. The van der Waals surface area contributed by atoms with Crippen molar-refractivity contribution in [1.82, 2.24) is 14.5 Å². The summed E-state index contributed by atoms with van der Waals surface area (Å²) in [6.07, 6.45) is 0.422. The molecule has 4 aromatic rings. The first kappa shape index (κ1) is 19.8. The standard InChI is InChI=1S/C25H21ClFN3O/c26-20-9-5-18(6-10-20)15-30-23-4-2-1-3-22(23)28-25(30)19-13-24(31)29(16-19)14-17-7-11-21(27)12-8-17/h1-12,19H,13-16H2. The monoisotopic (exact) mass is 433 g/mol. The second-order valence-electron chi connectivity index (χ2n) is 7.97. The number of hydrogen-bond acceptors (Lipinski definition) is 2. The molecular formula is C25H21ClFN3O. The first-order valence-corrected chi connectivity index (χ1v) is 10.7. The van der Waals surface area contributed by atoms with Crippen LogP contribution in [-0.4, -0.2) is 26.9 Å². The van der Waals surface area contributed by atoms with Crippen LogP contribution in [-0.2, 0) is 17.9 Å². The third-order valence-electron chi connectivity index (χ3n) is 5.80. The number of carbonyl (C=O) groups excluding carboxylic acids is 1. The molecule has 1 fully saturated rings. The Morgan fingerprint density at radius 3 is 2.39 bits per heavy atom. The molecule has 3 aromatic carbocycles. The van der Waals surface area contributed by atoms with Crippen LogP contribution in [0.2, 0.25) is 5.02 Å². The van der Waals surface area contributed by atoms with E-state index in [9.17, 15) is 9.18 Å². The van der Waals surface area contributed by atoms with E-state index in [4.69, 9.17) is 16.6 Å². The van der Waals surface area contributed by atoms with Crippen molar-refractivity contribution >= 4 is 28.5 Å². The summed E-state index contributed by atoms with van der Waals surface area (Å²) in [5, 5.41) is 0.706. The molecule has 0 aliphatic carbocycles. The van der Waals surface area contributed by atoms with E-state index in [0.29, 0.717) is 31.1 Å². The molecule has 31 heavy (non-hydrogen) atoms. The summed E-state index contributed by atoms with van der Waals surface area (Å²) in [6.45, 7) is 1.74. The van der Waals surface area contributed by atoms with Gasteiger partial charge in [0.25, 0.3) is 0 Å². The van der Waals surface area contributed by atoms with Gasteiger partial charge in [0.1, 0.15) is 11.6 Å². The molecule has 1 amide bonds. The molecule has 0 N–H and O–H groups in total. The number of benzene rings is 3. The number of halogens is 2. The van der Waals surface area contributed by atoms with Crippen LogP contribution in [0.1, 0.15) is 29.3 Å². The molecule has 5 rings (SSSR count). The number of rotatable bonds is 5. The van der Waals surface area contributed by atoms with Gasteiger partial charge in [-0.1, -0.05) is 48.0 Å². The Morgan fingerprint density at radius 1 is 0.935 bits per heavy atom. The van der Waals surface area contributed by atoms with E-state index < -0.39 is 0 Å². The lowest BCUT2D eigenvalue weighted by atomic mass is 10.1. The van der Waals surface area contributed by atoms with E-state index in [2.05, 4.69) is 10.6 Å². The van der Waals surface area contributed by atoms with E-state index in [-0.39, 0.29) is 17.6 Å². The minimum Gasteiger partial charge on any atom is -0.338 e. The highest BCUT2D eigenvalue weighted by molar-refractivity contribution is 6.30. The van der Waals surface area contributed by atoms with Crippen molar-refractivity contribution in [2.75, 3.05) is 6.54 Å². The number of fused-ring (bicyclic) bond motifs is 1. The van der Waals surface area contributed by atoms with Gasteiger partial charge < -0.3 is 9.47 Å². The lowest BCUT2D eigenvalue weighted by Crippen LogP contribution is -2.24. The quantitative estimate of drug-likeness (QED) is 0.423. The van der Waals surface area contributed by atoms with Crippen LogP contribution in [0.5, 0.6) is 0 Å². The third kappa shape index (κ3) is 4.06. The van der Waals surface area contributed by atoms with Gasteiger partial charge in [0.05, 0.1) is 11.0 Å². The molecule has 0 bridgehead atoms. The first-order valence-electron chi connectivity index (χ1n) is 10.3. The number of para-hydroxylation sites is 2. The van der Waals surface area contributed by atoms with Crippen LogP contribution in [0.3, 0.4) is 0 Å². The van der Waals surface area contributed by atoms with Gasteiger partial charge in [-0.25, -0.2) is 9.37 Å². The summed E-state index contributed by atoms with van der Waals surface area (Å²) in [7, 11) is 0. The van der Waals surface area contributed by atoms with Gasteiger partial charge in [-0.2, -0.15) is 0 Å². The molecule has 0 spiro atoms. The summed E-state index contributed by atoms with van der Waals surface area (Å²) in [6, 6.07) is 22.2. The fraction of sp³-hybridized carbons (Fsp3) is 0.200. The highest BCUT2D eigenvalue weighted by atomic mass is 35.5. The number of nitrogens with zero attached hydrogens (tertiary/aromatic N) is 3. The smallest absolute Gasteiger partial charge is 0.223 e. The zero-order chi connectivity index (χ0) is 21.4. The van der Waals surface area contributed by atoms with Gasteiger partial charge in [0, 0.05) is 37.0 Å². The van der Waals surface area contributed by atoms with E-state index in [1.807, 2.05) is 47.4 Å². The maximum Gasteiger partial charge on any atom is 0.223 e. The van der Waals surface area contributed by atoms with E-state index in [0.717, 1.165) is 28.0 Å². The molecule has 1 unspecified atom stereocenters. The second kappa shape index (κ2) is 8.16. The highest BCUT2D eigenvalue weighted by Gasteiger charge is 2.34. The first-order chi connectivity index (χ1) is 15.1. The normalized spacial score (nSPS) is 16.4. The fourth-order valence-electron chi connectivity index (χ4n) is 4.25. The summed E-state index contributed by atoms with van der Waals surface area (Å²) >= 11 is 6.05. The van der Waals surface area contributed by atoms with Gasteiger partial charge in [0.2, 0.25) is 5.91 Å². The summed E-state index contributed by atoms with van der Waals surface area (Å²) in [4.78, 5) is 19.5. The molecule has 1 atom stereocenters. The van der Waals surface area contributed by atoms with Gasteiger partial charge in [-0.05, 0) is 47.5 Å². The Kier molecular flexibility index (Phi) is 5.20. The average Bonchev–Trinajstić information content (AvgIpc) is 3.32. The fourth-order valence-corrected chi connectivity index (χ4v) is 4.38. The van der Waals surface area contributed by atoms with Gasteiger partial charge >= 0.3 is 0 Å². The van der Waals surface area contributed by atoms with Crippen molar-refractivity contribution in [3.05, 3.63) is 101 Å². The Hall–Kier alpha value is -3.18. The molecule has 6 heteroatoms. The number of carbonyl (C=O) groups is 1. The summed E-state index contributed by atoms with van der Waals surface area (Å²) in [5.74, 6) is 0.753. The van der Waals surface area contributed by atoms with Crippen LogP contribution >= 0.6 is 11.6 Å². The minimum atomic E-state index is -0.273. The SMILES string of the molecule is O=C1CC(c2nc3ccccc3n2Cc2ccc(Cl)cc2)CN1Cc1ccc(F)cc1. The predicted octanol–water partition coefficient (Wildman–Crippen LogP) is 5.39. The van der Waals surface area contributed by atoms with Crippen molar-refractivity contribution in [3.8, 4) is 0 Å². The average molecular weight is 434 g/mol. The van der Waals surface area contributed by atoms with Crippen molar-refractivity contribution in [1.29, 1.82) is 0 Å². The van der Waals surface area contributed by atoms with Crippen LogP contribution in [0.15, 0.2) is 72.8 Å². The van der Waals surface area contributed by atoms with E-state index in [1.54, 1.807) is 12.1 Å². The van der Waals surface area contributed by atoms with Gasteiger partial charge in [0.15, 0.2) is 0 Å². The zero-order valence-corrected chi connectivity index (χ0v) is 17.6. The van der Waals surface area contributed by atoms with Crippen molar-refractivity contribution < 1.29 is 9.18 Å². The Morgan fingerprint density at radius 2 is 1.61 bits per heavy atom. The van der Waals surface area contributed by atoms with E-state index >= 15 is 0 Å². The number of likely N-dealkylation sites (tertiary alicyclic amines) is 1. The lowest BCUT2D eigenvalue weighted by molar-refractivity contribution is -0.128. The molecule has 0 radical (unpaired) electrons. The van der Waals surface area contributed by atoms with Gasteiger partial charge in [-0.15, -0.1) is 0 Å². The van der Waals surface area contributed by atoms with E-state index in [1.165, 1.54) is 12.1 Å². The maximum atomic E-state index is 13.2. The lowest BCUT2D eigenvalue weighted by Gasteiger charge is -2.17. The molecule has 1 saturated heterocycles. The third-order valence-corrected chi connectivity index (χ3v) is 6.06. The number of imidazole rings is 1. The topological polar surface area (TPSA) is 38.1 Å². The predicted molar refractivity (Wildman–Crippen MR) is 119 cm³/mol. The molecule has 1 aliphatic heterocycles. The van der Waals surface area contributed by atoms with Crippen LogP contribution in [0.25, 0.3) is 11.0 Å². The number of aromatic nitrogens is 2. The molecule has 2 heterocycles. The Bertz CT molecular complexity index is 1230. The van der Waals surface area contributed by atoms with Gasteiger partial charge in [-0.3, -0.25) is 4.79 Å². The number of hydrogen-bond donors (Lipinski definition) is 0. The Labute approximate surface area is 184 Å². The Balaban J connectivity index is 1.44. The summed E-state index contributed by atoms with van der Waals surface area (Å²) < 4.78 is 15.4. The van der Waals surface area contributed by atoms with Crippen molar-refractivity contribution in [3.63, 3.8) is 0 Å². The molecule has 4 nitrogen and oxygen atoms in total. The highest BCUT2D eigenvalue weighted by Crippen LogP contribution is 2.32. The maximum absolute atomic E-state index is 13.2. The van der Waals surface area contributed by atoms with Crippen LogP contribution < -0.4 is 0 Å². The van der Waals surface area contributed by atoms with Crippen LogP contribution in [0, 0.1) is 5.82 Å². The molecule has 1 aliphatic rings. The number of amides is 1. The minimum absolute atomic E-state index is 0.00708. The van der Waals surface area contributed by atoms with Crippen LogP contribution in [0.4, 0.5) is 4.39 Å². The molecule has 1 aromatic heterocycles.